The molecule has 2 rings (SSSR count). The maximum absolute atomic E-state index is 12.0. The van der Waals surface area contributed by atoms with E-state index < -0.39 is 6.10 Å². The van der Waals surface area contributed by atoms with Crippen LogP contribution in [0.15, 0.2) is 24.3 Å². The Balaban J connectivity index is 1.70. The number of amides is 1. The van der Waals surface area contributed by atoms with Crippen LogP contribution in [0, 0.1) is 5.92 Å². The summed E-state index contributed by atoms with van der Waals surface area (Å²) < 4.78 is 0. The van der Waals surface area contributed by atoms with Crippen LogP contribution >= 0.6 is 11.6 Å². The van der Waals surface area contributed by atoms with E-state index in [1.165, 1.54) is 0 Å². The summed E-state index contributed by atoms with van der Waals surface area (Å²) in [4.78, 5) is 14.4. The lowest BCUT2D eigenvalue weighted by Gasteiger charge is -2.30. The third-order valence-electron chi connectivity index (χ3n) is 4.38. The predicted molar refractivity (Wildman–Crippen MR) is 88.9 cm³/mol. The molecule has 0 radical (unpaired) electrons. The van der Waals surface area contributed by atoms with Crippen LogP contribution in [-0.2, 0) is 4.79 Å². The highest BCUT2D eigenvalue weighted by Crippen LogP contribution is 2.20. The van der Waals surface area contributed by atoms with Crippen molar-refractivity contribution in [1.29, 1.82) is 0 Å². The van der Waals surface area contributed by atoms with Gasteiger partial charge in [-0.2, -0.15) is 0 Å². The minimum absolute atomic E-state index is 0.0305. The highest BCUT2D eigenvalue weighted by atomic mass is 35.5. The van der Waals surface area contributed by atoms with Crippen molar-refractivity contribution in [2.24, 2.45) is 5.92 Å². The molecule has 0 spiro atoms. The van der Waals surface area contributed by atoms with Gasteiger partial charge in [-0.3, -0.25) is 4.79 Å². The summed E-state index contributed by atoms with van der Waals surface area (Å²) in [5.74, 6) is 0.499. The average Bonchev–Trinajstić information content (AvgIpc) is 2.54. The first kappa shape index (κ1) is 17.3. The first-order valence-electron chi connectivity index (χ1n) is 8.01. The third kappa shape index (κ3) is 5.27. The molecule has 2 N–H and O–H groups in total. The second-order valence-electron chi connectivity index (χ2n) is 5.95. The van der Waals surface area contributed by atoms with Gasteiger partial charge in [-0.25, -0.2) is 0 Å². The number of aliphatic hydroxyl groups excluding tert-OH is 1. The van der Waals surface area contributed by atoms with Crippen molar-refractivity contribution in [2.75, 3.05) is 26.2 Å². The fraction of sp³-hybridized carbons (Fsp3) is 0.588. The maximum Gasteiger partial charge on any atom is 0.220 e. The van der Waals surface area contributed by atoms with Crippen LogP contribution in [0.5, 0.6) is 0 Å². The van der Waals surface area contributed by atoms with E-state index in [1.54, 1.807) is 24.3 Å². The Morgan fingerprint density at radius 2 is 2.00 bits per heavy atom. The van der Waals surface area contributed by atoms with Gasteiger partial charge in [0, 0.05) is 18.0 Å². The van der Waals surface area contributed by atoms with Crippen molar-refractivity contribution < 1.29 is 9.90 Å². The van der Waals surface area contributed by atoms with E-state index in [-0.39, 0.29) is 12.5 Å². The van der Waals surface area contributed by atoms with E-state index in [0.717, 1.165) is 38.0 Å². The summed E-state index contributed by atoms with van der Waals surface area (Å²) in [6.07, 6.45) is 2.04. The number of benzene rings is 1. The van der Waals surface area contributed by atoms with Crippen molar-refractivity contribution in [3.63, 3.8) is 0 Å². The Labute approximate surface area is 137 Å². The summed E-state index contributed by atoms with van der Waals surface area (Å²) in [7, 11) is 0. The van der Waals surface area contributed by atoms with Gasteiger partial charge in [0.05, 0.1) is 6.10 Å². The molecule has 0 saturated carbocycles. The number of hydrogen-bond donors (Lipinski definition) is 2. The summed E-state index contributed by atoms with van der Waals surface area (Å²) >= 11 is 5.82. The maximum atomic E-state index is 12.0. The Morgan fingerprint density at radius 1 is 1.36 bits per heavy atom. The van der Waals surface area contributed by atoms with Crippen LogP contribution in [0.3, 0.4) is 0 Å². The minimum Gasteiger partial charge on any atom is -0.387 e. The van der Waals surface area contributed by atoms with E-state index in [9.17, 15) is 9.90 Å². The molecule has 1 saturated heterocycles. The summed E-state index contributed by atoms with van der Waals surface area (Å²) in [5.41, 5.74) is 0.765. The van der Waals surface area contributed by atoms with E-state index >= 15 is 0 Å². The Bertz CT molecular complexity index is 470. The van der Waals surface area contributed by atoms with Crippen molar-refractivity contribution >= 4 is 17.5 Å². The molecule has 5 heteroatoms. The minimum atomic E-state index is -0.692. The lowest BCUT2D eigenvalue weighted by molar-refractivity contribution is -0.122. The predicted octanol–water partition coefficient (Wildman–Crippen LogP) is 2.61. The zero-order chi connectivity index (χ0) is 15.9. The van der Waals surface area contributed by atoms with E-state index in [4.69, 9.17) is 11.6 Å². The van der Waals surface area contributed by atoms with Crippen molar-refractivity contribution in [3.8, 4) is 0 Å². The van der Waals surface area contributed by atoms with Crippen LogP contribution in [0.1, 0.15) is 37.9 Å². The topological polar surface area (TPSA) is 52.6 Å². The number of likely N-dealkylation sites (tertiary alicyclic amines) is 1. The van der Waals surface area contributed by atoms with E-state index in [0.29, 0.717) is 17.4 Å². The van der Waals surface area contributed by atoms with Gasteiger partial charge < -0.3 is 15.3 Å². The normalized spacial score (nSPS) is 18.1. The zero-order valence-electron chi connectivity index (χ0n) is 13.1. The van der Waals surface area contributed by atoms with Crippen LogP contribution in [-0.4, -0.2) is 42.1 Å². The first-order chi connectivity index (χ1) is 10.6. The number of carbonyl (C=O) groups is 1. The molecule has 1 aliphatic rings. The van der Waals surface area contributed by atoms with E-state index in [1.807, 2.05) is 0 Å². The number of carbonyl (C=O) groups excluding carboxylic acids is 1. The highest BCUT2D eigenvalue weighted by Gasteiger charge is 2.20. The molecule has 1 atom stereocenters. The molecule has 1 heterocycles. The van der Waals surface area contributed by atoms with E-state index in [2.05, 4.69) is 17.1 Å². The van der Waals surface area contributed by atoms with Gasteiger partial charge in [-0.1, -0.05) is 30.7 Å². The number of hydrogen-bond acceptors (Lipinski definition) is 3. The van der Waals surface area contributed by atoms with Crippen molar-refractivity contribution in [1.82, 2.24) is 10.2 Å². The Hall–Kier alpha value is -1.10. The first-order valence-corrected chi connectivity index (χ1v) is 8.39. The SMILES string of the molecule is CCN1CCC(CC(=O)NC[C@H](O)c2ccc(Cl)cc2)CC1. The Kier molecular flexibility index (Phi) is 6.68. The average molecular weight is 325 g/mol. The molecule has 0 aliphatic carbocycles. The second kappa shape index (κ2) is 8.51. The van der Waals surface area contributed by atoms with Gasteiger partial charge in [0.15, 0.2) is 0 Å². The molecule has 1 aromatic rings. The summed E-state index contributed by atoms with van der Waals surface area (Å²) in [5, 5.41) is 13.5. The standard InChI is InChI=1S/C17H25ClN2O2/c1-2-20-9-7-13(8-10-20)11-17(22)19-12-16(21)14-3-5-15(18)6-4-14/h3-6,13,16,21H,2,7-12H2,1H3,(H,19,22)/t16-/m0/s1. The molecule has 0 aromatic heterocycles. The number of nitrogens with one attached hydrogen (secondary N) is 1. The molecule has 1 aromatic carbocycles. The number of halogens is 1. The van der Waals surface area contributed by atoms with Gasteiger partial charge in [0.1, 0.15) is 0 Å². The number of rotatable bonds is 6. The van der Waals surface area contributed by atoms with Gasteiger partial charge >= 0.3 is 0 Å². The van der Waals surface area contributed by atoms with Crippen molar-refractivity contribution in [3.05, 3.63) is 34.9 Å². The largest absolute Gasteiger partial charge is 0.387 e. The molecular weight excluding hydrogens is 300 g/mol. The van der Waals surface area contributed by atoms with Crippen LogP contribution in [0.25, 0.3) is 0 Å². The van der Waals surface area contributed by atoms with Crippen LogP contribution in [0.4, 0.5) is 0 Å². The van der Waals surface area contributed by atoms with Crippen molar-refractivity contribution in [2.45, 2.75) is 32.3 Å². The fourth-order valence-corrected chi connectivity index (χ4v) is 2.98. The fourth-order valence-electron chi connectivity index (χ4n) is 2.85. The number of nitrogens with zero attached hydrogens (tertiary/aromatic N) is 1. The number of aliphatic hydroxyl groups is 1. The quantitative estimate of drug-likeness (QED) is 0.845. The molecule has 4 nitrogen and oxygen atoms in total. The van der Waals surface area contributed by atoms with Gasteiger partial charge in [-0.05, 0) is 56.1 Å². The monoisotopic (exact) mass is 324 g/mol. The van der Waals surface area contributed by atoms with Crippen LogP contribution in [0.2, 0.25) is 5.02 Å². The summed E-state index contributed by atoms with van der Waals surface area (Å²) in [6, 6.07) is 7.03. The molecule has 22 heavy (non-hydrogen) atoms. The van der Waals surface area contributed by atoms with Gasteiger partial charge in [-0.15, -0.1) is 0 Å². The molecular formula is C17H25ClN2O2. The van der Waals surface area contributed by atoms with Gasteiger partial charge in [0.25, 0.3) is 0 Å². The molecule has 1 amide bonds. The highest BCUT2D eigenvalue weighted by molar-refractivity contribution is 6.30. The molecule has 0 bridgehead atoms. The van der Waals surface area contributed by atoms with Gasteiger partial charge in [0.2, 0.25) is 5.91 Å². The number of piperidine rings is 1. The lowest BCUT2D eigenvalue weighted by atomic mass is 9.93. The van der Waals surface area contributed by atoms with Crippen LogP contribution < -0.4 is 5.32 Å². The molecule has 0 unspecified atom stereocenters. The summed E-state index contributed by atoms with van der Waals surface area (Å²) in [6.45, 7) is 5.68. The molecule has 1 aliphatic heterocycles. The molecule has 1 fully saturated rings. The second-order valence-corrected chi connectivity index (χ2v) is 6.39. The Morgan fingerprint density at radius 3 is 2.59 bits per heavy atom. The zero-order valence-corrected chi connectivity index (χ0v) is 13.9. The third-order valence-corrected chi connectivity index (χ3v) is 4.63. The molecule has 122 valence electrons. The lowest BCUT2D eigenvalue weighted by Crippen LogP contribution is -2.36. The smallest absolute Gasteiger partial charge is 0.220 e.